The number of H-pyrrole nitrogens is 1. The lowest BCUT2D eigenvalue weighted by Gasteiger charge is -2.11. The molecule has 7 nitrogen and oxygen atoms in total. The second kappa shape index (κ2) is 8.44. The molecule has 0 bridgehead atoms. The van der Waals surface area contributed by atoms with E-state index in [1.807, 2.05) is 18.4 Å². The Hall–Kier alpha value is -1.93. The van der Waals surface area contributed by atoms with Crippen molar-refractivity contribution >= 4 is 23.3 Å². The lowest BCUT2D eigenvalue weighted by Crippen LogP contribution is -2.16. The number of hydrogen-bond donors (Lipinski definition) is 1. The van der Waals surface area contributed by atoms with Crippen molar-refractivity contribution in [3.8, 4) is 0 Å². The molecule has 0 saturated carbocycles. The summed E-state index contributed by atoms with van der Waals surface area (Å²) in [4.78, 5) is 27.6. The second-order valence-corrected chi connectivity index (χ2v) is 7.27. The number of nitrogens with one attached hydrogen (secondary N) is 1. The van der Waals surface area contributed by atoms with Crippen LogP contribution in [0.2, 0.25) is 0 Å². The first-order valence-corrected chi connectivity index (χ1v) is 9.02. The minimum Gasteiger partial charge on any atom is -0.385 e. The Bertz CT molecular complexity index is 766. The SMILES string of the molecule is COCCCn1cnnc1SC(C)C(=O)c1[nH]c(C)c(C(C)=O)c1C. The summed E-state index contributed by atoms with van der Waals surface area (Å²) in [5.41, 5.74) is 2.54. The lowest BCUT2D eigenvalue weighted by molar-refractivity contribution is 0.0988. The molecule has 0 amide bonds. The van der Waals surface area contributed by atoms with Crippen molar-refractivity contribution in [1.82, 2.24) is 19.7 Å². The highest BCUT2D eigenvalue weighted by Gasteiger charge is 2.25. The molecule has 2 aromatic rings. The van der Waals surface area contributed by atoms with Gasteiger partial charge in [0.25, 0.3) is 0 Å². The number of nitrogens with zero attached hydrogens (tertiary/aromatic N) is 3. The maximum atomic E-state index is 12.8. The van der Waals surface area contributed by atoms with Crippen LogP contribution in [0.1, 0.15) is 52.4 Å². The Morgan fingerprint density at radius 1 is 1.40 bits per heavy atom. The van der Waals surface area contributed by atoms with Crippen molar-refractivity contribution in [2.45, 2.75) is 51.1 Å². The number of carbonyl (C=O) groups is 2. The number of rotatable bonds is 9. The van der Waals surface area contributed by atoms with Crippen LogP contribution < -0.4 is 0 Å². The Kier molecular flexibility index (Phi) is 6.55. The maximum Gasteiger partial charge on any atom is 0.192 e. The summed E-state index contributed by atoms with van der Waals surface area (Å²) in [6.07, 6.45) is 2.51. The largest absolute Gasteiger partial charge is 0.385 e. The quantitative estimate of drug-likeness (QED) is 0.418. The van der Waals surface area contributed by atoms with Gasteiger partial charge >= 0.3 is 0 Å². The molecule has 25 heavy (non-hydrogen) atoms. The average molecular weight is 364 g/mol. The van der Waals surface area contributed by atoms with Crippen molar-refractivity contribution in [1.29, 1.82) is 0 Å². The number of aromatic amines is 1. The predicted molar refractivity (Wildman–Crippen MR) is 96.4 cm³/mol. The molecule has 1 atom stereocenters. The molecule has 0 radical (unpaired) electrons. The normalized spacial score (nSPS) is 12.4. The van der Waals surface area contributed by atoms with Crippen LogP contribution in [0.15, 0.2) is 11.5 Å². The Balaban J connectivity index is 2.13. The summed E-state index contributed by atoms with van der Waals surface area (Å²) in [6, 6.07) is 0. The Morgan fingerprint density at radius 2 is 2.12 bits per heavy atom. The first-order chi connectivity index (χ1) is 11.9. The van der Waals surface area contributed by atoms with Gasteiger partial charge in [0.2, 0.25) is 0 Å². The van der Waals surface area contributed by atoms with Crippen LogP contribution in [-0.2, 0) is 11.3 Å². The molecule has 0 aliphatic rings. The van der Waals surface area contributed by atoms with E-state index in [1.54, 1.807) is 20.4 Å². The number of Topliss-reactive ketones (excluding diaryl/α,β-unsaturated/α-hetero) is 2. The molecule has 136 valence electrons. The van der Waals surface area contributed by atoms with Gasteiger partial charge in [-0.2, -0.15) is 0 Å². The maximum absolute atomic E-state index is 12.8. The summed E-state index contributed by atoms with van der Waals surface area (Å²) < 4.78 is 6.97. The molecule has 2 rings (SSSR count). The first kappa shape index (κ1) is 19.4. The van der Waals surface area contributed by atoms with Gasteiger partial charge in [0.1, 0.15) is 6.33 Å². The minimum absolute atomic E-state index is 0.0384. The van der Waals surface area contributed by atoms with E-state index in [0.29, 0.717) is 28.6 Å². The van der Waals surface area contributed by atoms with Crippen LogP contribution in [-0.4, -0.2) is 50.3 Å². The number of ketones is 2. The number of methoxy groups -OCH3 is 1. The van der Waals surface area contributed by atoms with Crippen molar-refractivity contribution in [2.75, 3.05) is 13.7 Å². The Morgan fingerprint density at radius 3 is 2.72 bits per heavy atom. The Labute approximate surface area is 151 Å². The van der Waals surface area contributed by atoms with Crippen LogP contribution in [0.4, 0.5) is 0 Å². The van der Waals surface area contributed by atoms with E-state index in [-0.39, 0.29) is 16.8 Å². The molecule has 1 unspecified atom stereocenters. The molecule has 1 N–H and O–H groups in total. The van der Waals surface area contributed by atoms with Crippen molar-refractivity contribution in [3.63, 3.8) is 0 Å². The fourth-order valence-electron chi connectivity index (χ4n) is 2.81. The van der Waals surface area contributed by atoms with E-state index in [4.69, 9.17) is 4.74 Å². The molecule has 8 heteroatoms. The van der Waals surface area contributed by atoms with E-state index in [0.717, 1.165) is 18.7 Å². The van der Waals surface area contributed by atoms with Gasteiger partial charge < -0.3 is 14.3 Å². The van der Waals surface area contributed by atoms with Crippen LogP contribution in [0.5, 0.6) is 0 Å². The van der Waals surface area contributed by atoms with Gasteiger partial charge in [-0.25, -0.2) is 0 Å². The average Bonchev–Trinajstić information content (AvgIpc) is 3.10. The van der Waals surface area contributed by atoms with E-state index in [1.165, 1.54) is 18.7 Å². The van der Waals surface area contributed by atoms with Gasteiger partial charge in [-0.15, -0.1) is 10.2 Å². The van der Waals surface area contributed by atoms with Crippen molar-refractivity contribution in [3.05, 3.63) is 28.8 Å². The van der Waals surface area contributed by atoms with Gasteiger partial charge in [0, 0.05) is 31.5 Å². The third-order valence-corrected chi connectivity index (χ3v) is 5.11. The number of carbonyl (C=O) groups excluding carboxylic acids is 2. The fraction of sp³-hybridized carbons (Fsp3) is 0.529. The number of aryl methyl sites for hydroxylation is 2. The van der Waals surface area contributed by atoms with Gasteiger partial charge in [0.05, 0.1) is 10.9 Å². The van der Waals surface area contributed by atoms with Crippen molar-refractivity contribution in [2.24, 2.45) is 0 Å². The molecule has 0 aliphatic carbocycles. The summed E-state index contributed by atoms with van der Waals surface area (Å²) in [5.74, 6) is -0.0898. The smallest absolute Gasteiger partial charge is 0.192 e. The monoisotopic (exact) mass is 364 g/mol. The topological polar surface area (TPSA) is 89.9 Å². The van der Waals surface area contributed by atoms with Gasteiger partial charge in [-0.05, 0) is 39.7 Å². The predicted octanol–water partition coefficient (Wildman–Crippen LogP) is 2.83. The highest BCUT2D eigenvalue weighted by molar-refractivity contribution is 8.00. The van der Waals surface area contributed by atoms with E-state index >= 15 is 0 Å². The van der Waals surface area contributed by atoms with E-state index < -0.39 is 0 Å². The van der Waals surface area contributed by atoms with Gasteiger partial charge in [0.15, 0.2) is 16.7 Å². The standard InChI is InChI=1S/C17H24N4O3S/c1-10-14(12(3)22)11(2)19-15(10)16(23)13(4)25-17-20-18-9-21(17)7-6-8-24-5/h9,13,19H,6-8H2,1-5H3. The zero-order valence-electron chi connectivity index (χ0n) is 15.3. The summed E-state index contributed by atoms with van der Waals surface area (Å²) in [7, 11) is 1.67. The summed E-state index contributed by atoms with van der Waals surface area (Å²) in [5, 5.41) is 8.39. The van der Waals surface area contributed by atoms with Crippen LogP contribution in [0.3, 0.4) is 0 Å². The fourth-order valence-corrected chi connectivity index (χ4v) is 3.72. The third kappa shape index (κ3) is 4.38. The van der Waals surface area contributed by atoms with Gasteiger partial charge in [-0.3, -0.25) is 9.59 Å². The highest BCUT2D eigenvalue weighted by atomic mass is 32.2. The van der Waals surface area contributed by atoms with Gasteiger partial charge in [-0.1, -0.05) is 11.8 Å². The molecular weight excluding hydrogens is 340 g/mol. The molecule has 0 spiro atoms. The lowest BCUT2D eigenvalue weighted by atomic mass is 10.0. The number of ether oxygens (including phenoxy) is 1. The number of thioether (sulfide) groups is 1. The second-order valence-electron chi connectivity index (χ2n) is 5.96. The van der Waals surface area contributed by atoms with Crippen LogP contribution >= 0.6 is 11.8 Å². The number of aromatic nitrogens is 4. The molecular formula is C17H24N4O3S. The summed E-state index contributed by atoms with van der Waals surface area (Å²) >= 11 is 1.36. The molecule has 0 fully saturated rings. The molecule has 2 heterocycles. The molecule has 2 aromatic heterocycles. The first-order valence-electron chi connectivity index (χ1n) is 8.14. The highest BCUT2D eigenvalue weighted by Crippen LogP contribution is 2.27. The van der Waals surface area contributed by atoms with E-state index in [9.17, 15) is 9.59 Å². The van der Waals surface area contributed by atoms with E-state index in [2.05, 4.69) is 15.2 Å². The minimum atomic E-state index is -0.345. The molecule has 0 aromatic carbocycles. The van der Waals surface area contributed by atoms with Crippen LogP contribution in [0.25, 0.3) is 0 Å². The third-order valence-electron chi connectivity index (χ3n) is 4.01. The molecule has 0 saturated heterocycles. The summed E-state index contributed by atoms with van der Waals surface area (Å²) in [6.45, 7) is 8.36. The number of hydrogen-bond acceptors (Lipinski definition) is 6. The van der Waals surface area contributed by atoms with Crippen LogP contribution in [0, 0.1) is 13.8 Å². The van der Waals surface area contributed by atoms with Crippen molar-refractivity contribution < 1.29 is 14.3 Å². The zero-order valence-corrected chi connectivity index (χ0v) is 16.1. The molecule has 0 aliphatic heterocycles. The zero-order chi connectivity index (χ0) is 18.6.